The van der Waals surface area contributed by atoms with Gasteiger partial charge in [0.25, 0.3) is 0 Å². The summed E-state index contributed by atoms with van der Waals surface area (Å²) in [5.41, 5.74) is 1.67. The topological polar surface area (TPSA) is 25.2 Å². The summed E-state index contributed by atoms with van der Waals surface area (Å²) in [6, 6.07) is 2.58. The molecule has 2 unspecified atom stereocenters. The minimum atomic E-state index is 0.348. The molecule has 0 saturated heterocycles. The highest BCUT2D eigenvalue weighted by atomic mass is 16.3. The number of nitrogens with one attached hydrogen (secondary N) is 1. The lowest BCUT2D eigenvalue weighted by Gasteiger charge is -2.31. The van der Waals surface area contributed by atoms with Crippen LogP contribution in [0.25, 0.3) is 0 Å². The average molecular weight is 251 g/mol. The maximum atomic E-state index is 5.67. The molecule has 0 amide bonds. The molecular weight excluding hydrogens is 222 g/mol. The molecule has 0 radical (unpaired) electrons. The van der Waals surface area contributed by atoms with E-state index in [-0.39, 0.29) is 0 Å². The fraction of sp³-hybridized carbons (Fsp3) is 0.750. The Hall–Kier alpha value is -0.760. The van der Waals surface area contributed by atoms with E-state index in [4.69, 9.17) is 4.42 Å². The lowest BCUT2D eigenvalue weighted by Crippen LogP contribution is -2.27. The number of hydrogen-bond donors (Lipinski definition) is 1. The van der Waals surface area contributed by atoms with E-state index < -0.39 is 0 Å². The van der Waals surface area contributed by atoms with Crippen molar-refractivity contribution >= 4 is 0 Å². The van der Waals surface area contributed by atoms with Crippen molar-refractivity contribution in [2.45, 2.75) is 60.9 Å². The molecule has 0 aliphatic rings. The Kier molecular flexibility index (Phi) is 5.03. The monoisotopic (exact) mass is 251 g/mol. The van der Waals surface area contributed by atoms with Gasteiger partial charge in [0.15, 0.2) is 0 Å². The van der Waals surface area contributed by atoms with Gasteiger partial charge in [0, 0.05) is 11.6 Å². The average Bonchev–Trinajstić information content (AvgIpc) is 2.55. The molecule has 1 aromatic heterocycles. The standard InChI is InChI=1S/C16H29NO/c1-8-17-15(9-11(2)16(5,6)7)14-10-12(3)18-13(14)4/h10-11,15,17H,8-9H2,1-7H3. The fourth-order valence-corrected chi connectivity index (χ4v) is 2.27. The van der Waals surface area contributed by atoms with Crippen molar-refractivity contribution in [3.05, 3.63) is 23.2 Å². The zero-order chi connectivity index (χ0) is 13.9. The van der Waals surface area contributed by atoms with E-state index in [9.17, 15) is 0 Å². The summed E-state index contributed by atoms with van der Waals surface area (Å²) in [7, 11) is 0. The largest absolute Gasteiger partial charge is 0.466 e. The summed E-state index contributed by atoms with van der Waals surface area (Å²) in [6.07, 6.45) is 1.15. The molecule has 0 aromatic carbocycles. The van der Waals surface area contributed by atoms with Gasteiger partial charge in [-0.05, 0) is 44.2 Å². The maximum absolute atomic E-state index is 5.67. The molecule has 2 atom stereocenters. The first-order valence-corrected chi connectivity index (χ1v) is 7.06. The zero-order valence-electron chi connectivity index (χ0n) is 13.1. The molecule has 18 heavy (non-hydrogen) atoms. The molecule has 1 heterocycles. The maximum Gasteiger partial charge on any atom is 0.105 e. The van der Waals surface area contributed by atoms with Crippen LogP contribution in [0.4, 0.5) is 0 Å². The van der Waals surface area contributed by atoms with Crippen LogP contribution < -0.4 is 5.32 Å². The van der Waals surface area contributed by atoms with Crippen LogP contribution in [0.3, 0.4) is 0 Å². The molecular formula is C16H29NO. The predicted octanol–water partition coefficient (Wildman–Crippen LogP) is 4.62. The quantitative estimate of drug-likeness (QED) is 0.826. The molecule has 0 aliphatic carbocycles. The Labute approximate surface area is 112 Å². The molecule has 1 aromatic rings. The molecule has 104 valence electrons. The van der Waals surface area contributed by atoms with Gasteiger partial charge in [-0.1, -0.05) is 34.6 Å². The first kappa shape index (κ1) is 15.3. The minimum absolute atomic E-state index is 0.348. The summed E-state index contributed by atoms with van der Waals surface area (Å²) in [4.78, 5) is 0. The van der Waals surface area contributed by atoms with Crippen LogP contribution in [-0.2, 0) is 0 Å². The normalized spacial score (nSPS) is 15.7. The second-order valence-electron chi connectivity index (χ2n) is 6.48. The second kappa shape index (κ2) is 5.92. The van der Waals surface area contributed by atoms with Gasteiger partial charge in [-0.3, -0.25) is 0 Å². The molecule has 0 saturated carbocycles. The van der Waals surface area contributed by atoms with Gasteiger partial charge in [-0.15, -0.1) is 0 Å². The van der Waals surface area contributed by atoms with Crippen LogP contribution in [-0.4, -0.2) is 6.54 Å². The smallest absolute Gasteiger partial charge is 0.105 e. The van der Waals surface area contributed by atoms with E-state index in [1.54, 1.807) is 0 Å². The third-order valence-corrected chi connectivity index (χ3v) is 3.97. The first-order chi connectivity index (χ1) is 8.25. The lowest BCUT2D eigenvalue weighted by molar-refractivity contribution is 0.223. The van der Waals surface area contributed by atoms with Crippen LogP contribution >= 0.6 is 0 Å². The molecule has 2 nitrogen and oxygen atoms in total. The summed E-state index contributed by atoms with van der Waals surface area (Å²) in [6.45, 7) is 16.5. The summed E-state index contributed by atoms with van der Waals surface area (Å²) in [5.74, 6) is 2.73. The van der Waals surface area contributed by atoms with Gasteiger partial charge in [-0.2, -0.15) is 0 Å². The van der Waals surface area contributed by atoms with E-state index >= 15 is 0 Å². The zero-order valence-corrected chi connectivity index (χ0v) is 13.1. The van der Waals surface area contributed by atoms with Crippen LogP contribution in [0, 0.1) is 25.2 Å². The van der Waals surface area contributed by atoms with Gasteiger partial charge < -0.3 is 9.73 Å². The third-order valence-electron chi connectivity index (χ3n) is 3.97. The van der Waals surface area contributed by atoms with Gasteiger partial charge >= 0.3 is 0 Å². The van der Waals surface area contributed by atoms with Crippen LogP contribution in [0.2, 0.25) is 0 Å². The molecule has 0 aliphatic heterocycles. The summed E-state index contributed by atoms with van der Waals surface area (Å²) in [5, 5.41) is 3.60. The van der Waals surface area contributed by atoms with E-state index in [2.05, 4.69) is 52.9 Å². The van der Waals surface area contributed by atoms with Crippen molar-refractivity contribution in [3.63, 3.8) is 0 Å². The van der Waals surface area contributed by atoms with Crippen molar-refractivity contribution in [2.24, 2.45) is 11.3 Å². The van der Waals surface area contributed by atoms with Gasteiger partial charge in [0.05, 0.1) is 0 Å². The number of hydrogen-bond acceptors (Lipinski definition) is 2. The molecule has 0 spiro atoms. The van der Waals surface area contributed by atoms with Crippen molar-refractivity contribution in [1.82, 2.24) is 5.32 Å². The summed E-state index contributed by atoms with van der Waals surface area (Å²) < 4.78 is 5.67. The molecule has 0 bridgehead atoms. The Morgan fingerprint density at radius 1 is 1.28 bits per heavy atom. The van der Waals surface area contributed by atoms with Crippen molar-refractivity contribution < 1.29 is 4.42 Å². The predicted molar refractivity (Wildman–Crippen MR) is 77.8 cm³/mol. The van der Waals surface area contributed by atoms with E-state index in [0.717, 1.165) is 24.5 Å². The van der Waals surface area contributed by atoms with Gasteiger partial charge in [0.2, 0.25) is 0 Å². The van der Waals surface area contributed by atoms with E-state index in [1.807, 2.05) is 6.92 Å². The first-order valence-electron chi connectivity index (χ1n) is 7.06. The molecule has 2 heteroatoms. The Balaban J connectivity index is 2.86. The number of aryl methyl sites for hydroxylation is 2. The SMILES string of the molecule is CCNC(CC(C)C(C)(C)C)c1cc(C)oc1C. The Morgan fingerprint density at radius 2 is 1.89 bits per heavy atom. The van der Waals surface area contributed by atoms with Crippen LogP contribution in [0.1, 0.15) is 64.2 Å². The van der Waals surface area contributed by atoms with Crippen molar-refractivity contribution in [2.75, 3.05) is 6.54 Å². The van der Waals surface area contributed by atoms with E-state index in [0.29, 0.717) is 17.4 Å². The highest BCUT2D eigenvalue weighted by Crippen LogP contribution is 2.34. The second-order valence-corrected chi connectivity index (χ2v) is 6.48. The lowest BCUT2D eigenvalue weighted by atomic mass is 9.77. The molecule has 1 N–H and O–H groups in total. The molecule has 1 rings (SSSR count). The Bertz CT molecular complexity index is 373. The van der Waals surface area contributed by atoms with Gasteiger partial charge in [0.1, 0.15) is 11.5 Å². The fourth-order valence-electron chi connectivity index (χ4n) is 2.27. The summed E-state index contributed by atoms with van der Waals surface area (Å²) >= 11 is 0. The Morgan fingerprint density at radius 3 is 2.28 bits per heavy atom. The third kappa shape index (κ3) is 3.88. The highest BCUT2D eigenvalue weighted by molar-refractivity contribution is 5.24. The van der Waals surface area contributed by atoms with Crippen LogP contribution in [0.15, 0.2) is 10.5 Å². The number of furan rings is 1. The van der Waals surface area contributed by atoms with Crippen molar-refractivity contribution in [3.8, 4) is 0 Å². The van der Waals surface area contributed by atoms with E-state index in [1.165, 1.54) is 5.56 Å². The van der Waals surface area contributed by atoms with Crippen molar-refractivity contribution in [1.29, 1.82) is 0 Å². The number of rotatable bonds is 5. The molecule has 0 fully saturated rings. The van der Waals surface area contributed by atoms with Crippen LogP contribution in [0.5, 0.6) is 0 Å². The van der Waals surface area contributed by atoms with Gasteiger partial charge in [-0.25, -0.2) is 0 Å². The highest BCUT2D eigenvalue weighted by Gasteiger charge is 2.25. The minimum Gasteiger partial charge on any atom is -0.466 e.